The molecule has 0 bridgehead atoms. The summed E-state index contributed by atoms with van der Waals surface area (Å²) in [6.45, 7) is 5.42. The van der Waals surface area contributed by atoms with E-state index in [9.17, 15) is 5.11 Å². The Morgan fingerprint density at radius 1 is 1.33 bits per heavy atom. The molecular weight excluding hydrogens is 190 g/mol. The summed E-state index contributed by atoms with van der Waals surface area (Å²) in [7, 11) is 0. The van der Waals surface area contributed by atoms with Crippen LogP contribution in [0, 0.1) is 13.8 Å². The number of hydrogen-bond donors (Lipinski definition) is 2. The number of rotatable bonds is 2. The molecule has 1 saturated heterocycles. The van der Waals surface area contributed by atoms with Crippen molar-refractivity contribution in [1.29, 1.82) is 0 Å². The van der Waals surface area contributed by atoms with Crippen molar-refractivity contribution in [3.05, 3.63) is 29.3 Å². The molecule has 1 aromatic carbocycles. The van der Waals surface area contributed by atoms with Gasteiger partial charge in [0, 0.05) is 13.1 Å². The summed E-state index contributed by atoms with van der Waals surface area (Å²) in [5.74, 6) is 0.869. The number of aliphatic hydroxyl groups is 1. The van der Waals surface area contributed by atoms with E-state index in [0.717, 1.165) is 11.3 Å². The van der Waals surface area contributed by atoms with Crippen molar-refractivity contribution in [3.8, 4) is 5.75 Å². The van der Waals surface area contributed by atoms with Gasteiger partial charge in [-0.05, 0) is 25.5 Å². The van der Waals surface area contributed by atoms with Crippen molar-refractivity contribution < 1.29 is 9.84 Å². The third-order valence-electron chi connectivity index (χ3n) is 2.74. The maximum Gasteiger partial charge on any atom is 0.138 e. The van der Waals surface area contributed by atoms with E-state index in [1.807, 2.05) is 19.1 Å². The number of aryl methyl sites for hydroxylation is 2. The van der Waals surface area contributed by atoms with Crippen molar-refractivity contribution in [2.24, 2.45) is 0 Å². The molecule has 0 radical (unpaired) electrons. The Hall–Kier alpha value is -1.06. The van der Waals surface area contributed by atoms with Gasteiger partial charge >= 0.3 is 0 Å². The third kappa shape index (κ3) is 2.30. The molecule has 2 rings (SSSR count). The van der Waals surface area contributed by atoms with Crippen LogP contribution in [0.3, 0.4) is 0 Å². The zero-order chi connectivity index (χ0) is 10.8. The van der Waals surface area contributed by atoms with Crippen LogP contribution in [0.1, 0.15) is 11.1 Å². The molecule has 2 unspecified atom stereocenters. The summed E-state index contributed by atoms with van der Waals surface area (Å²) in [5, 5.41) is 12.7. The number of β-amino-alcohol motifs (C(OH)–C–C–N with tert-alkyl or cyclic N) is 1. The monoisotopic (exact) mass is 207 g/mol. The second-order valence-electron chi connectivity index (χ2n) is 4.15. The van der Waals surface area contributed by atoms with E-state index in [1.54, 1.807) is 0 Å². The van der Waals surface area contributed by atoms with Crippen LogP contribution < -0.4 is 10.1 Å². The lowest BCUT2D eigenvalue weighted by molar-refractivity contribution is 0.0733. The van der Waals surface area contributed by atoms with Crippen molar-refractivity contribution in [2.45, 2.75) is 26.1 Å². The topological polar surface area (TPSA) is 41.5 Å². The van der Waals surface area contributed by atoms with Gasteiger partial charge in [-0.25, -0.2) is 0 Å². The lowest BCUT2D eigenvalue weighted by Crippen LogP contribution is -2.30. The highest BCUT2D eigenvalue weighted by atomic mass is 16.5. The highest BCUT2D eigenvalue weighted by Gasteiger charge is 2.26. The molecule has 1 aliphatic heterocycles. The average molecular weight is 207 g/mol. The zero-order valence-corrected chi connectivity index (χ0v) is 9.16. The first-order chi connectivity index (χ1) is 7.16. The predicted molar refractivity (Wildman–Crippen MR) is 59.2 cm³/mol. The van der Waals surface area contributed by atoms with Gasteiger partial charge in [-0.15, -0.1) is 0 Å². The van der Waals surface area contributed by atoms with Crippen LogP contribution >= 0.6 is 0 Å². The van der Waals surface area contributed by atoms with E-state index in [0.29, 0.717) is 13.1 Å². The molecule has 2 N–H and O–H groups in total. The lowest BCUT2D eigenvalue weighted by Gasteiger charge is -2.17. The molecular formula is C12H17NO2. The molecule has 15 heavy (non-hydrogen) atoms. The summed E-state index contributed by atoms with van der Waals surface area (Å²) in [6, 6.07) is 6.08. The number of nitrogens with one attached hydrogen (secondary N) is 1. The minimum absolute atomic E-state index is 0.119. The second kappa shape index (κ2) is 4.21. The maximum atomic E-state index is 9.61. The number of benzene rings is 1. The van der Waals surface area contributed by atoms with Gasteiger partial charge in [0.15, 0.2) is 0 Å². The lowest BCUT2D eigenvalue weighted by atomic mass is 10.1. The molecule has 0 aliphatic carbocycles. The molecule has 3 heteroatoms. The van der Waals surface area contributed by atoms with Crippen molar-refractivity contribution in [1.82, 2.24) is 5.32 Å². The molecule has 1 aliphatic rings. The fourth-order valence-corrected chi connectivity index (χ4v) is 1.86. The molecule has 0 spiro atoms. The van der Waals surface area contributed by atoms with Gasteiger partial charge in [-0.2, -0.15) is 0 Å². The smallest absolute Gasteiger partial charge is 0.138 e. The summed E-state index contributed by atoms with van der Waals surface area (Å²) >= 11 is 0. The molecule has 2 atom stereocenters. The Balaban J connectivity index is 2.10. The Morgan fingerprint density at radius 3 is 2.73 bits per heavy atom. The summed E-state index contributed by atoms with van der Waals surface area (Å²) in [4.78, 5) is 0. The fourth-order valence-electron chi connectivity index (χ4n) is 1.86. The van der Waals surface area contributed by atoms with E-state index in [-0.39, 0.29) is 6.10 Å². The molecule has 0 aromatic heterocycles. The number of ether oxygens (including phenoxy) is 1. The zero-order valence-electron chi connectivity index (χ0n) is 9.16. The van der Waals surface area contributed by atoms with E-state index in [1.165, 1.54) is 5.56 Å². The van der Waals surface area contributed by atoms with Crippen molar-refractivity contribution >= 4 is 0 Å². The molecule has 1 aromatic rings. The number of hydrogen-bond acceptors (Lipinski definition) is 3. The Labute approximate surface area is 90.1 Å². The van der Waals surface area contributed by atoms with E-state index in [2.05, 4.69) is 18.3 Å². The van der Waals surface area contributed by atoms with Crippen LogP contribution in [0.4, 0.5) is 0 Å². The van der Waals surface area contributed by atoms with Gasteiger partial charge < -0.3 is 15.2 Å². The normalized spacial score (nSPS) is 25.5. The van der Waals surface area contributed by atoms with Crippen LogP contribution in [-0.2, 0) is 0 Å². The first kappa shape index (κ1) is 10.5. The van der Waals surface area contributed by atoms with Crippen LogP contribution in [-0.4, -0.2) is 30.4 Å². The second-order valence-corrected chi connectivity index (χ2v) is 4.15. The van der Waals surface area contributed by atoms with Crippen LogP contribution in [0.2, 0.25) is 0 Å². The van der Waals surface area contributed by atoms with E-state index in [4.69, 9.17) is 4.74 Å². The van der Waals surface area contributed by atoms with E-state index < -0.39 is 6.10 Å². The molecule has 3 nitrogen and oxygen atoms in total. The van der Waals surface area contributed by atoms with Crippen LogP contribution in [0.25, 0.3) is 0 Å². The predicted octanol–water partition coefficient (Wildman–Crippen LogP) is 1.01. The SMILES string of the molecule is Cc1ccc(OC2CNCC2O)c(C)c1. The highest BCUT2D eigenvalue weighted by Crippen LogP contribution is 2.21. The Bertz CT molecular complexity index is 351. The molecule has 1 heterocycles. The van der Waals surface area contributed by atoms with Crippen LogP contribution in [0.5, 0.6) is 5.75 Å². The summed E-state index contributed by atoms with van der Waals surface area (Å²) in [6.07, 6.45) is -0.517. The fraction of sp³-hybridized carbons (Fsp3) is 0.500. The summed E-state index contributed by atoms with van der Waals surface area (Å²) < 4.78 is 5.76. The summed E-state index contributed by atoms with van der Waals surface area (Å²) in [5.41, 5.74) is 2.35. The molecule has 82 valence electrons. The Kier molecular flexibility index (Phi) is 2.93. The van der Waals surface area contributed by atoms with Gasteiger partial charge in [0.05, 0.1) is 0 Å². The van der Waals surface area contributed by atoms with Gasteiger partial charge in [0.2, 0.25) is 0 Å². The minimum atomic E-state index is -0.397. The standard InChI is InChI=1S/C12H17NO2/c1-8-3-4-11(9(2)5-8)15-12-7-13-6-10(12)14/h3-5,10,12-14H,6-7H2,1-2H3. The number of aliphatic hydroxyl groups excluding tert-OH is 1. The van der Waals surface area contributed by atoms with Crippen LogP contribution in [0.15, 0.2) is 18.2 Å². The van der Waals surface area contributed by atoms with Gasteiger partial charge in [-0.1, -0.05) is 17.7 Å². The Morgan fingerprint density at radius 2 is 2.13 bits per heavy atom. The van der Waals surface area contributed by atoms with Crippen molar-refractivity contribution in [2.75, 3.05) is 13.1 Å². The first-order valence-corrected chi connectivity index (χ1v) is 5.29. The third-order valence-corrected chi connectivity index (χ3v) is 2.74. The molecule has 0 amide bonds. The average Bonchev–Trinajstić information content (AvgIpc) is 2.57. The van der Waals surface area contributed by atoms with E-state index >= 15 is 0 Å². The van der Waals surface area contributed by atoms with Gasteiger partial charge in [0.1, 0.15) is 18.0 Å². The van der Waals surface area contributed by atoms with Crippen molar-refractivity contribution in [3.63, 3.8) is 0 Å². The first-order valence-electron chi connectivity index (χ1n) is 5.29. The minimum Gasteiger partial charge on any atom is -0.486 e. The maximum absolute atomic E-state index is 9.61. The molecule has 0 saturated carbocycles. The van der Waals surface area contributed by atoms with Gasteiger partial charge in [-0.3, -0.25) is 0 Å². The largest absolute Gasteiger partial charge is 0.486 e. The molecule has 1 fully saturated rings. The highest BCUT2D eigenvalue weighted by molar-refractivity contribution is 5.35. The van der Waals surface area contributed by atoms with Gasteiger partial charge in [0.25, 0.3) is 0 Å². The quantitative estimate of drug-likeness (QED) is 0.760.